The van der Waals surface area contributed by atoms with E-state index < -0.39 is 5.97 Å². The van der Waals surface area contributed by atoms with Gasteiger partial charge in [0.1, 0.15) is 11.3 Å². The molecule has 0 spiro atoms. The number of carbonyl (C=O) groups is 1. The molecule has 0 aliphatic rings. The van der Waals surface area contributed by atoms with Crippen LogP contribution in [0.1, 0.15) is 15.9 Å². The Hall–Kier alpha value is -1.42. The minimum Gasteiger partial charge on any atom is -0.495 e. The molecule has 0 unspecified atom stereocenters. The van der Waals surface area contributed by atoms with Gasteiger partial charge in [-0.25, -0.2) is 4.79 Å². The van der Waals surface area contributed by atoms with Gasteiger partial charge >= 0.3 is 5.97 Å². The monoisotopic (exact) mass is 229 g/mol. The average Bonchev–Trinajstić information content (AvgIpc) is 2.24. The fourth-order valence-electron chi connectivity index (χ4n) is 1.30. The fraction of sp³-hybridized carbons (Fsp3) is 0.300. The zero-order chi connectivity index (χ0) is 11.6. The summed E-state index contributed by atoms with van der Waals surface area (Å²) in [6.07, 6.45) is 0. The Morgan fingerprint density at radius 1 is 1.47 bits per heavy atom. The number of hydrogen-bond acceptors (Lipinski definition) is 4. The number of carbonyl (C=O) groups excluding carboxylic acids is 1. The molecule has 15 heavy (non-hydrogen) atoms. The molecule has 0 bridgehead atoms. The van der Waals surface area contributed by atoms with Crippen molar-refractivity contribution in [1.82, 2.24) is 0 Å². The van der Waals surface area contributed by atoms with Crippen LogP contribution < -0.4 is 10.5 Å². The van der Waals surface area contributed by atoms with Gasteiger partial charge in [0.15, 0.2) is 0 Å². The molecule has 0 heterocycles. The predicted molar refractivity (Wildman–Crippen MR) is 58.5 cm³/mol. The molecule has 4 nitrogen and oxygen atoms in total. The van der Waals surface area contributed by atoms with E-state index in [2.05, 4.69) is 4.74 Å². The molecule has 5 heteroatoms. The normalized spacial score (nSPS) is 9.87. The number of benzene rings is 1. The van der Waals surface area contributed by atoms with Crippen LogP contribution in [-0.4, -0.2) is 20.2 Å². The van der Waals surface area contributed by atoms with E-state index in [4.69, 9.17) is 22.1 Å². The van der Waals surface area contributed by atoms with E-state index in [0.29, 0.717) is 22.0 Å². The van der Waals surface area contributed by atoms with E-state index in [1.807, 2.05) is 0 Å². The van der Waals surface area contributed by atoms with E-state index in [0.717, 1.165) is 0 Å². The van der Waals surface area contributed by atoms with Crippen molar-refractivity contribution in [2.75, 3.05) is 20.0 Å². The Labute approximate surface area is 92.9 Å². The molecule has 1 aromatic carbocycles. The van der Waals surface area contributed by atoms with Crippen LogP contribution in [-0.2, 0) is 4.74 Å². The highest BCUT2D eigenvalue weighted by Gasteiger charge is 2.18. The third kappa shape index (κ3) is 1.99. The lowest BCUT2D eigenvalue weighted by atomic mass is 10.1. The summed E-state index contributed by atoms with van der Waals surface area (Å²) in [7, 11) is 2.75. The SMILES string of the molecule is COC(=O)c1cc(Cl)c(N)c(C)c1OC. The van der Waals surface area contributed by atoms with Crippen molar-refractivity contribution < 1.29 is 14.3 Å². The van der Waals surface area contributed by atoms with E-state index in [1.165, 1.54) is 20.3 Å². The van der Waals surface area contributed by atoms with Crippen LogP contribution in [0.15, 0.2) is 6.07 Å². The van der Waals surface area contributed by atoms with Crippen molar-refractivity contribution in [2.24, 2.45) is 0 Å². The zero-order valence-electron chi connectivity index (χ0n) is 8.76. The molecule has 0 saturated carbocycles. The number of methoxy groups -OCH3 is 2. The van der Waals surface area contributed by atoms with Gasteiger partial charge in [-0.15, -0.1) is 0 Å². The number of anilines is 1. The molecule has 1 rings (SSSR count). The maximum Gasteiger partial charge on any atom is 0.341 e. The third-order valence-corrected chi connectivity index (χ3v) is 2.44. The van der Waals surface area contributed by atoms with E-state index in [1.54, 1.807) is 6.92 Å². The maximum atomic E-state index is 11.4. The van der Waals surface area contributed by atoms with Gasteiger partial charge in [0.2, 0.25) is 0 Å². The molecule has 0 saturated heterocycles. The highest BCUT2D eigenvalue weighted by molar-refractivity contribution is 6.33. The lowest BCUT2D eigenvalue weighted by molar-refractivity contribution is 0.0597. The second-order valence-corrected chi connectivity index (χ2v) is 3.38. The minimum absolute atomic E-state index is 0.275. The first-order valence-electron chi connectivity index (χ1n) is 4.23. The van der Waals surface area contributed by atoms with Crippen LogP contribution in [0.25, 0.3) is 0 Å². The molecule has 0 aliphatic carbocycles. The molecule has 0 atom stereocenters. The molecule has 0 fully saturated rings. The van der Waals surface area contributed by atoms with Gasteiger partial charge in [-0.05, 0) is 13.0 Å². The highest BCUT2D eigenvalue weighted by atomic mass is 35.5. The summed E-state index contributed by atoms with van der Waals surface area (Å²) >= 11 is 5.86. The first kappa shape index (κ1) is 11.7. The Morgan fingerprint density at radius 2 is 2.07 bits per heavy atom. The lowest BCUT2D eigenvalue weighted by Crippen LogP contribution is -2.07. The summed E-state index contributed by atoms with van der Waals surface area (Å²) < 4.78 is 9.71. The van der Waals surface area contributed by atoms with Gasteiger partial charge in [0.25, 0.3) is 0 Å². The maximum absolute atomic E-state index is 11.4. The van der Waals surface area contributed by atoms with Crippen LogP contribution in [0.4, 0.5) is 5.69 Å². The first-order valence-corrected chi connectivity index (χ1v) is 4.61. The van der Waals surface area contributed by atoms with Crippen LogP contribution in [0.3, 0.4) is 0 Å². The van der Waals surface area contributed by atoms with Crippen LogP contribution in [0.5, 0.6) is 5.75 Å². The number of hydrogen-bond donors (Lipinski definition) is 1. The summed E-state index contributed by atoms with van der Waals surface area (Å²) in [5.74, 6) is -0.111. The van der Waals surface area contributed by atoms with E-state index in [9.17, 15) is 4.79 Å². The zero-order valence-corrected chi connectivity index (χ0v) is 9.51. The third-order valence-electron chi connectivity index (χ3n) is 2.13. The van der Waals surface area contributed by atoms with E-state index in [-0.39, 0.29) is 5.56 Å². The van der Waals surface area contributed by atoms with Crippen molar-refractivity contribution in [3.63, 3.8) is 0 Å². The summed E-state index contributed by atoms with van der Waals surface area (Å²) in [4.78, 5) is 11.4. The number of rotatable bonds is 2. The fourth-order valence-corrected chi connectivity index (χ4v) is 1.55. The van der Waals surface area contributed by atoms with E-state index >= 15 is 0 Å². The number of halogens is 1. The second kappa shape index (κ2) is 4.40. The molecule has 1 aromatic rings. The van der Waals surface area contributed by atoms with Crippen molar-refractivity contribution in [3.05, 3.63) is 22.2 Å². The van der Waals surface area contributed by atoms with Crippen LogP contribution in [0.2, 0.25) is 5.02 Å². The minimum atomic E-state index is -0.503. The Bertz CT molecular complexity index is 404. The highest BCUT2D eigenvalue weighted by Crippen LogP contribution is 2.34. The van der Waals surface area contributed by atoms with Gasteiger partial charge in [-0.1, -0.05) is 11.6 Å². The van der Waals surface area contributed by atoms with Gasteiger partial charge in [0, 0.05) is 5.56 Å². The largest absolute Gasteiger partial charge is 0.495 e. The van der Waals surface area contributed by atoms with Crippen molar-refractivity contribution >= 4 is 23.3 Å². The van der Waals surface area contributed by atoms with Crippen molar-refractivity contribution in [2.45, 2.75) is 6.92 Å². The first-order chi connectivity index (χ1) is 7.02. The standard InChI is InChI=1S/C10H12ClNO3/c1-5-8(12)7(11)4-6(9(5)14-2)10(13)15-3/h4H,12H2,1-3H3. The number of esters is 1. The lowest BCUT2D eigenvalue weighted by Gasteiger charge is -2.13. The van der Waals surface area contributed by atoms with Gasteiger partial charge in [-0.2, -0.15) is 0 Å². The topological polar surface area (TPSA) is 61.5 Å². The average molecular weight is 230 g/mol. The Balaban J connectivity index is 3.45. The number of nitrogen functional groups attached to an aromatic ring is 1. The second-order valence-electron chi connectivity index (χ2n) is 2.97. The molecule has 0 aliphatic heterocycles. The Kier molecular flexibility index (Phi) is 3.42. The van der Waals surface area contributed by atoms with Gasteiger partial charge in [0.05, 0.1) is 24.9 Å². The number of ether oxygens (including phenoxy) is 2. The smallest absolute Gasteiger partial charge is 0.341 e. The molecular formula is C10H12ClNO3. The molecule has 82 valence electrons. The molecule has 0 aromatic heterocycles. The number of nitrogens with two attached hydrogens (primary N) is 1. The Morgan fingerprint density at radius 3 is 2.53 bits per heavy atom. The molecule has 0 radical (unpaired) electrons. The summed E-state index contributed by atoms with van der Waals surface area (Å²) in [5, 5.41) is 0.314. The predicted octanol–water partition coefficient (Wildman–Crippen LogP) is 2.03. The van der Waals surface area contributed by atoms with Crippen molar-refractivity contribution in [3.8, 4) is 5.75 Å². The van der Waals surface area contributed by atoms with Gasteiger partial charge in [-0.3, -0.25) is 0 Å². The summed E-state index contributed by atoms with van der Waals surface area (Å²) in [6.45, 7) is 1.73. The summed E-state index contributed by atoms with van der Waals surface area (Å²) in [6, 6.07) is 1.44. The molecule has 2 N–H and O–H groups in total. The van der Waals surface area contributed by atoms with Crippen molar-refractivity contribution in [1.29, 1.82) is 0 Å². The molecule has 0 amide bonds. The quantitative estimate of drug-likeness (QED) is 0.623. The molecular weight excluding hydrogens is 218 g/mol. The van der Waals surface area contributed by atoms with Gasteiger partial charge < -0.3 is 15.2 Å². The summed E-state index contributed by atoms with van der Waals surface area (Å²) in [5.41, 5.74) is 7.01. The van der Waals surface area contributed by atoms with Crippen LogP contribution >= 0.6 is 11.6 Å². The van der Waals surface area contributed by atoms with Crippen LogP contribution in [0, 0.1) is 6.92 Å².